The molecule has 162 valence electrons. The molecule has 0 aliphatic carbocycles. The summed E-state index contributed by atoms with van der Waals surface area (Å²) in [6.07, 6.45) is 5.05. The molecule has 0 spiro atoms. The number of amides is 1. The smallest absolute Gasteiger partial charge is 0.253 e. The van der Waals surface area contributed by atoms with Crippen LogP contribution in [0.15, 0.2) is 29.2 Å². The van der Waals surface area contributed by atoms with Gasteiger partial charge >= 0.3 is 0 Å². The van der Waals surface area contributed by atoms with Gasteiger partial charge in [-0.1, -0.05) is 18.6 Å². The van der Waals surface area contributed by atoms with E-state index in [4.69, 9.17) is 0 Å². The summed E-state index contributed by atoms with van der Waals surface area (Å²) in [5.74, 6) is 0.0834. The van der Waals surface area contributed by atoms with Gasteiger partial charge in [-0.25, -0.2) is 8.42 Å². The summed E-state index contributed by atoms with van der Waals surface area (Å²) in [5, 5.41) is 4.52. The monoisotopic (exact) mass is 430 g/mol. The van der Waals surface area contributed by atoms with Crippen LogP contribution in [-0.4, -0.2) is 59.5 Å². The highest BCUT2D eigenvalue weighted by molar-refractivity contribution is 7.89. The van der Waals surface area contributed by atoms with Crippen LogP contribution in [0.2, 0.25) is 0 Å². The Kier molecular flexibility index (Phi) is 5.97. The van der Waals surface area contributed by atoms with Gasteiger partial charge in [0.25, 0.3) is 5.91 Å². The Labute approximate surface area is 178 Å². The van der Waals surface area contributed by atoms with Crippen LogP contribution in [0.4, 0.5) is 0 Å². The molecule has 1 aromatic heterocycles. The third-order valence-corrected chi connectivity index (χ3v) is 8.31. The Morgan fingerprint density at radius 1 is 0.933 bits per heavy atom. The molecule has 2 aliphatic heterocycles. The number of likely N-dealkylation sites (tertiary alicyclic amines) is 1. The first-order valence-corrected chi connectivity index (χ1v) is 12.2. The first kappa shape index (κ1) is 21.1. The zero-order valence-electron chi connectivity index (χ0n) is 17.8. The number of rotatable bonds is 5. The van der Waals surface area contributed by atoms with E-state index in [1.807, 2.05) is 36.1 Å². The molecule has 0 bridgehead atoms. The van der Waals surface area contributed by atoms with E-state index in [0.29, 0.717) is 41.5 Å². The topological polar surface area (TPSA) is 75.5 Å². The maximum absolute atomic E-state index is 13.2. The molecule has 0 atom stereocenters. The number of carbonyl (C=O) groups is 1. The normalized spacial score (nSPS) is 18.1. The Morgan fingerprint density at radius 3 is 2.17 bits per heavy atom. The van der Waals surface area contributed by atoms with Gasteiger partial charge < -0.3 is 4.90 Å². The van der Waals surface area contributed by atoms with Crippen LogP contribution in [0, 0.1) is 13.8 Å². The predicted octanol–water partition coefficient (Wildman–Crippen LogP) is 2.96. The van der Waals surface area contributed by atoms with Crippen molar-refractivity contribution in [1.29, 1.82) is 0 Å². The molecule has 7 nitrogen and oxygen atoms in total. The average molecular weight is 431 g/mol. The number of aryl methyl sites for hydroxylation is 1. The van der Waals surface area contributed by atoms with Gasteiger partial charge in [-0.05, 0) is 57.2 Å². The second-order valence-electron chi connectivity index (χ2n) is 8.32. The number of carbonyl (C=O) groups excluding carboxylic acids is 1. The fourth-order valence-electron chi connectivity index (χ4n) is 4.47. The minimum atomic E-state index is -3.52. The molecular formula is C22H30N4O3S. The number of piperidine rings is 1. The maximum Gasteiger partial charge on any atom is 0.253 e. The highest BCUT2D eigenvalue weighted by Gasteiger charge is 2.31. The third kappa shape index (κ3) is 4.03. The van der Waals surface area contributed by atoms with E-state index in [0.717, 1.165) is 50.8 Å². The number of nitrogens with zero attached hydrogens (tertiary/aromatic N) is 4. The van der Waals surface area contributed by atoms with Crippen molar-refractivity contribution < 1.29 is 13.2 Å². The third-order valence-electron chi connectivity index (χ3n) is 6.15. The molecule has 1 aromatic carbocycles. The molecule has 2 aromatic rings. The minimum absolute atomic E-state index is 0.0834. The summed E-state index contributed by atoms with van der Waals surface area (Å²) in [7, 11) is -3.52. The van der Waals surface area contributed by atoms with Crippen molar-refractivity contribution in [2.75, 3.05) is 26.2 Å². The van der Waals surface area contributed by atoms with E-state index in [2.05, 4.69) is 5.10 Å². The summed E-state index contributed by atoms with van der Waals surface area (Å²) in [6, 6.07) is 7.57. The summed E-state index contributed by atoms with van der Waals surface area (Å²) in [5.41, 5.74) is 2.89. The van der Waals surface area contributed by atoms with Crippen molar-refractivity contribution >= 4 is 15.9 Å². The van der Waals surface area contributed by atoms with Gasteiger partial charge in [-0.2, -0.15) is 9.40 Å². The van der Waals surface area contributed by atoms with Crippen LogP contribution in [-0.2, 0) is 16.6 Å². The lowest BCUT2D eigenvalue weighted by atomic mass is 10.1. The first-order valence-electron chi connectivity index (χ1n) is 10.8. The van der Waals surface area contributed by atoms with Crippen molar-refractivity contribution in [3.05, 3.63) is 46.8 Å². The van der Waals surface area contributed by atoms with Gasteiger partial charge in [0.1, 0.15) is 4.90 Å². The van der Waals surface area contributed by atoms with Crippen molar-refractivity contribution in [2.24, 2.45) is 0 Å². The number of hydrogen-bond donors (Lipinski definition) is 0. The van der Waals surface area contributed by atoms with Crippen molar-refractivity contribution in [1.82, 2.24) is 19.0 Å². The van der Waals surface area contributed by atoms with E-state index >= 15 is 0 Å². The zero-order valence-corrected chi connectivity index (χ0v) is 18.6. The zero-order chi connectivity index (χ0) is 21.3. The molecule has 0 saturated carbocycles. The SMILES string of the molecule is Cc1nn(Cc2ccc(C(=O)N3CCCC3)cc2)c(C)c1S(=O)(=O)N1CCCCC1. The van der Waals surface area contributed by atoms with E-state index < -0.39 is 10.0 Å². The lowest BCUT2D eigenvalue weighted by Crippen LogP contribution is -2.36. The summed E-state index contributed by atoms with van der Waals surface area (Å²) >= 11 is 0. The van der Waals surface area contributed by atoms with E-state index in [1.54, 1.807) is 15.9 Å². The molecule has 0 unspecified atom stereocenters. The van der Waals surface area contributed by atoms with Crippen molar-refractivity contribution in [3.63, 3.8) is 0 Å². The average Bonchev–Trinajstić information content (AvgIpc) is 3.37. The van der Waals surface area contributed by atoms with Crippen LogP contribution in [0.3, 0.4) is 0 Å². The molecule has 30 heavy (non-hydrogen) atoms. The lowest BCUT2D eigenvalue weighted by molar-refractivity contribution is 0.0793. The van der Waals surface area contributed by atoms with Gasteiger partial charge in [0, 0.05) is 31.7 Å². The van der Waals surface area contributed by atoms with Crippen molar-refractivity contribution in [2.45, 2.75) is 57.4 Å². The maximum atomic E-state index is 13.2. The summed E-state index contributed by atoms with van der Waals surface area (Å²) in [6.45, 7) is 6.89. The van der Waals surface area contributed by atoms with Gasteiger partial charge in [0.2, 0.25) is 10.0 Å². The number of sulfonamides is 1. The molecule has 4 rings (SSSR count). The molecular weight excluding hydrogens is 400 g/mol. The summed E-state index contributed by atoms with van der Waals surface area (Å²) in [4.78, 5) is 14.8. The number of aromatic nitrogens is 2. The fraction of sp³-hybridized carbons (Fsp3) is 0.545. The molecule has 8 heteroatoms. The number of benzene rings is 1. The largest absolute Gasteiger partial charge is 0.339 e. The number of hydrogen-bond acceptors (Lipinski definition) is 4. The summed E-state index contributed by atoms with van der Waals surface area (Å²) < 4.78 is 29.7. The molecule has 0 N–H and O–H groups in total. The first-order chi connectivity index (χ1) is 14.4. The van der Waals surface area contributed by atoms with Crippen LogP contribution in [0.1, 0.15) is 59.4 Å². The minimum Gasteiger partial charge on any atom is -0.339 e. The molecule has 1 amide bonds. The lowest BCUT2D eigenvalue weighted by Gasteiger charge is -2.26. The van der Waals surface area contributed by atoms with Gasteiger partial charge in [0.05, 0.1) is 17.9 Å². The van der Waals surface area contributed by atoms with Crippen molar-refractivity contribution in [3.8, 4) is 0 Å². The second kappa shape index (κ2) is 8.51. The van der Waals surface area contributed by atoms with E-state index in [1.165, 1.54) is 0 Å². The predicted molar refractivity (Wildman–Crippen MR) is 115 cm³/mol. The standard InChI is InChI=1S/C22H30N4O3S/c1-17-21(30(28,29)25-14-4-3-5-15-25)18(2)26(23-17)16-19-8-10-20(11-9-19)22(27)24-12-6-7-13-24/h8-11H,3-7,12-16H2,1-2H3. The second-order valence-corrected chi connectivity index (χ2v) is 10.2. The Bertz CT molecular complexity index is 1020. The van der Waals surface area contributed by atoms with Crippen LogP contribution in [0.25, 0.3) is 0 Å². The quantitative estimate of drug-likeness (QED) is 0.731. The van der Waals surface area contributed by atoms with Gasteiger partial charge in [-0.3, -0.25) is 9.48 Å². The molecule has 2 fully saturated rings. The molecule has 3 heterocycles. The molecule has 2 aliphatic rings. The molecule has 0 radical (unpaired) electrons. The highest BCUT2D eigenvalue weighted by atomic mass is 32.2. The van der Waals surface area contributed by atoms with E-state index in [9.17, 15) is 13.2 Å². The van der Waals surface area contributed by atoms with Gasteiger partial charge in [0.15, 0.2) is 0 Å². The Morgan fingerprint density at radius 2 is 1.53 bits per heavy atom. The Balaban J connectivity index is 1.53. The van der Waals surface area contributed by atoms with Crippen LogP contribution in [0.5, 0.6) is 0 Å². The van der Waals surface area contributed by atoms with Crippen LogP contribution < -0.4 is 0 Å². The highest BCUT2D eigenvalue weighted by Crippen LogP contribution is 2.26. The van der Waals surface area contributed by atoms with Gasteiger partial charge in [-0.15, -0.1) is 0 Å². The fourth-order valence-corrected chi connectivity index (χ4v) is 6.36. The van der Waals surface area contributed by atoms with Crippen LogP contribution >= 0.6 is 0 Å². The molecule has 2 saturated heterocycles. The Hall–Kier alpha value is -2.19. The van der Waals surface area contributed by atoms with E-state index in [-0.39, 0.29) is 5.91 Å².